The number of esters is 1. The third-order valence-electron chi connectivity index (χ3n) is 7.82. The summed E-state index contributed by atoms with van der Waals surface area (Å²) in [6, 6.07) is 0. The number of carbonyl (C=O) groups is 1. The average Bonchev–Trinajstić information content (AvgIpc) is 2.76. The summed E-state index contributed by atoms with van der Waals surface area (Å²) < 4.78 is 36.4. The van der Waals surface area contributed by atoms with Crippen molar-refractivity contribution in [1.82, 2.24) is 0 Å². The highest BCUT2D eigenvalue weighted by Gasteiger charge is 2.34. The maximum atomic E-state index is 11.7. The second-order valence-corrected chi connectivity index (χ2v) is 11.8. The van der Waals surface area contributed by atoms with Gasteiger partial charge < -0.3 is 9.47 Å². The highest BCUT2D eigenvalue weighted by Crippen LogP contribution is 2.45. The van der Waals surface area contributed by atoms with Gasteiger partial charge in [0.05, 0.1) is 0 Å². The van der Waals surface area contributed by atoms with E-state index in [1.165, 1.54) is 51.9 Å². The van der Waals surface area contributed by atoms with Gasteiger partial charge in [0.25, 0.3) is 0 Å². The quantitative estimate of drug-likeness (QED) is 0.211. The molecule has 0 aliphatic carbocycles. The Hall–Kier alpha value is -1.51. The SMILES string of the molecule is [2H]C([2H])([2H])c1c2c(c(C)c(C)c1OC(C)=O)O[C@@](C)(CCCC(C)CCCC(C)CCCC(C)C)CC2. The second-order valence-electron chi connectivity index (χ2n) is 11.8. The predicted molar refractivity (Wildman–Crippen MR) is 144 cm³/mol. The summed E-state index contributed by atoms with van der Waals surface area (Å²) in [7, 11) is 0. The standard InChI is InChI=1S/C31H52O3/c1-21(2)13-10-14-22(3)15-11-16-23(4)17-12-19-31(9)20-18-28-26(7)29(33-27(8)32)24(5)25(6)30(28)34-31/h21-23H,10-20H2,1-9H3/t22?,23?,31-/m0/s1/i7D3. The first-order valence-electron chi connectivity index (χ1n) is 15.2. The number of hydrogen-bond donors (Lipinski definition) is 0. The molecule has 3 nitrogen and oxygen atoms in total. The van der Waals surface area contributed by atoms with Gasteiger partial charge in [0.2, 0.25) is 0 Å². The van der Waals surface area contributed by atoms with Crippen LogP contribution in [0.4, 0.5) is 0 Å². The molecule has 3 atom stereocenters. The van der Waals surface area contributed by atoms with Crippen LogP contribution in [-0.2, 0) is 11.2 Å². The first kappa shape index (κ1) is 24.2. The van der Waals surface area contributed by atoms with Gasteiger partial charge in [-0.25, -0.2) is 0 Å². The molecule has 0 aromatic heterocycles. The maximum Gasteiger partial charge on any atom is 0.308 e. The van der Waals surface area contributed by atoms with Gasteiger partial charge in [0.1, 0.15) is 17.1 Å². The lowest BCUT2D eigenvalue weighted by atomic mass is 9.83. The third-order valence-corrected chi connectivity index (χ3v) is 7.82. The van der Waals surface area contributed by atoms with Crippen LogP contribution in [0.1, 0.15) is 132 Å². The molecular weight excluding hydrogens is 420 g/mol. The molecule has 0 N–H and O–H groups in total. The fraction of sp³-hybridized carbons (Fsp3) is 0.774. The molecule has 194 valence electrons. The Bertz CT molecular complexity index is 906. The van der Waals surface area contributed by atoms with Gasteiger partial charge in [-0.1, -0.05) is 72.6 Å². The smallest absolute Gasteiger partial charge is 0.308 e. The molecule has 1 heterocycles. The van der Waals surface area contributed by atoms with Gasteiger partial charge in [0.15, 0.2) is 0 Å². The van der Waals surface area contributed by atoms with Crippen LogP contribution in [0.3, 0.4) is 0 Å². The monoisotopic (exact) mass is 475 g/mol. The molecule has 0 bridgehead atoms. The Morgan fingerprint density at radius 3 is 2.12 bits per heavy atom. The zero-order valence-corrected chi connectivity index (χ0v) is 23.2. The van der Waals surface area contributed by atoms with Crippen LogP contribution in [0, 0.1) is 38.5 Å². The van der Waals surface area contributed by atoms with E-state index in [1.54, 1.807) is 0 Å². The molecule has 34 heavy (non-hydrogen) atoms. The van der Waals surface area contributed by atoms with Crippen LogP contribution in [-0.4, -0.2) is 11.6 Å². The predicted octanol–water partition coefficient (Wildman–Crippen LogP) is 9.06. The molecule has 3 heteroatoms. The van der Waals surface area contributed by atoms with Gasteiger partial charge >= 0.3 is 5.97 Å². The second kappa shape index (κ2) is 13.0. The van der Waals surface area contributed by atoms with Crippen molar-refractivity contribution in [2.45, 2.75) is 138 Å². The Labute approximate surface area is 214 Å². The molecule has 0 saturated heterocycles. The molecule has 1 aliphatic rings. The number of benzene rings is 1. The van der Waals surface area contributed by atoms with E-state index in [0.717, 1.165) is 36.7 Å². The fourth-order valence-electron chi connectivity index (χ4n) is 5.32. The summed E-state index contributed by atoms with van der Waals surface area (Å²) in [4.78, 5) is 11.7. The minimum Gasteiger partial charge on any atom is -0.487 e. The molecule has 2 rings (SSSR count). The van der Waals surface area contributed by atoms with Gasteiger partial charge in [-0.05, 0) is 87.8 Å². The van der Waals surface area contributed by atoms with E-state index in [9.17, 15) is 4.79 Å². The molecule has 0 spiro atoms. The lowest BCUT2D eigenvalue weighted by Crippen LogP contribution is -2.37. The van der Waals surface area contributed by atoms with Crippen molar-refractivity contribution in [2.75, 3.05) is 0 Å². The molecule has 0 fully saturated rings. The van der Waals surface area contributed by atoms with Crippen LogP contribution in [0.25, 0.3) is 0 Å². The lowest BCUT2D eigenvalue weighted by Gasteiger charge is -2.38. The minimum atomic E-state index is -2.38. The van der Waals surface area contributed by atoms with Crippen molar-refractivity contribution in [3.8, 4) is 11.5 Å². The Balaban J connectivity index is 1.96. The van der Waals surface area contributed by atoms with Crippen LogP contribution >= 0.6 is 0 Å². The fourth-order valence-corrected chi connectivity index (χ4v) is 5.32. The summed E-state index contributed by atoms with van der Waals surface area (Å²) in [5.41, 5.74) is 2.02. The third kappa shape index (κ3) is 8.31. The van der Waals surface area contributed by atoms with E-state index < -0.39 is 12.8 Å². The molecule has 1 aromatic rings. The number of ether oxygens (including phenoxy) is 2. The minimum absolute atomic E-state index is 0.134. The van der Waals surface area contributed by atoms with Crippen LogP contribution < -0.4 is 9.47 Å². The molecule has 0 saturated carbocycles. The largest absolute Gasteiger partial charge is 0.487 e. The first-order chi connectivity index (χ1) is 17.1. The van der Waals surface area contributed by atoms with Crippen molar-refractivity contribution in [2.24, 2.45) is 17.8 Å². The van der Waals surface area contributed by atoms with Crippen molar-refractivity contribution in [3.63, 3.8) is 0 Å². The highest BCUT2D eigenvalue weighted by molar-refractivity contribution is 5.72. The van der Waals surface area contributed by atoms with Crippen molar-refractivity contribution in [1.29, 1.82) is 0 Å². The Morgan fingerprint density at radius 2 is 1.56 bits per heavy atom. The summed E-state index contributed by atoms with van der Waals surface area (Å²) in [5.74, 6) is 2.69. The Kier molecular flexibility index (Phi) is 9.24. The first-order valence-corrected chi connectivity index (χ1v) is 13.7. The number of hydrogen-bond acceptors (Lipinski definition) is 3. The van der Waals surface area contributed by atoms with Crippen molar-refractivity contribution >= 4 is 5.97 Å². The summed E-state index contributed by atoms with van der Waals surface area (Å²) in [6.45, 7) is 14.2. The van der Waals surface area contributed by atoms with Gasteiger partial charge in [0, 0.05) is 16.6 Å². The van der Waals surface area contributed by atoms with Crippen LogP contribution in [0.2, 0.25) is 0 Å². The number of carbonyl (C=O) groups excluding carboxylic acids is 1. The van der Waals surface area contributed by atoms with Crippen molar-refractivity contribution in [3.05, 3.63) is 22.3 Å². The zero-order chi connectivity index (χ0) is 28.0. The van der Waals surface area contributed by atoms with E-state index in [4.69, 9.17) is 13.6 Å². The van der Waals surface area contributed by atoms with E-state index >= 15 is 0 Å². The number of fused-ring (bicyclic) bond motifs is 1. The molecule has 0 radical (unpaired) electrons. The van der Waals surface area contributed by atoms with Crippen molar-refractivity contribution < 1.29 is 18.4 Å². The van der Waals surface area contributed by atoms with E-state index in [2.05, 4.69) is 34.6 Å². The summed E-state index contributed by atoms with van der Waals surface area (Å²) in [6.07, 6.45) is 12.6. The summed E-state index contributed by atoms with van der Waals surface area (Å²) in [5, 5.41) is 0. The zero-order valence-electron chi connectivity index (χ0n) is 26.2. The highest BCUT2D eigenvalue weighted by atomic mass is 16.5. The molecule has 1 aliphatic heterocycles. The topological polar surface area (TPSA) is 35.5 Å². The Morgan fingerprint density at radius 1 is 0.971 bits per heavy atom. The average molecular weight is 476 g/mol. The number of rotatable bonds is 13. The molecule has 2 unspecified atom stereocenters. The molecule has 1 aromatic carbocycles. The normalized spacial score (nSPS) is 21.1. The maximum absolute atomic E-state index is 11.7. The van der Waals surface area contributed by atoms with E-state index in [-0.39, 0.29) is 16.9 Å². The van der Waals surface area contributed by atoms with Gasteiger partial charge in [-0.3, -0.25) is 4.79 Å². The van der Waals surface area contributed by atoms with Crippen LogP contribution in [0.15, 0.2) is 0 Å². The molecular formula is C31H52O3. The summed E-state index contributed by atoms with van der Waals surface area (Å²) >= 11 is 0. The lowest BCUT2D eigenvalue weighted by molar-refractivity contribution is -0.132. The van der Waals surface area contributed by atoms with Crippen LogP contribution in [0.5, 0.6) is 11.5 Å². The van der Waals surface area contributed by atoms with Gasteiger partial charge in [-0.2, -0.15) is 0 Å². The molecule has 0 amide bonds. The van der Waals surface area contributed by atoms with E-state index in [0.29, 0.717) is 29.2 Å². The van der Waals surface area contributed by atoms with Gasteiger partial charge in [-0.15, -0.1) is 0 Å². The van der Waals surface area contributed by atoms with E-state index in [1.807, 2.05) is 13.8 Å².